The summed E-state index contributed by atoms with van der Waals surface area (Å²) in [6.45, 7) is 16.1. The maximum atomic E-state index is 13.3. The van der Waals surface area contributed by atoms with Gasteiger partial charge in [0.05, 0.1) is 17.1 Å². The number of nitro groups is 1. The zero-order valence-electron chi connectivity index (χ0n) is 23.7. The van der Waals surface area contributed by atoms with E-state index < -0.39 is 13.2 Å². The van der Waals surface area contributed by atoms with Crippen LogP contribution in [0.25, 0.3) is 0 Å². The van der Waals surface area contributed by atoms with Crippen LogP contribution in [-0.4, -0.2) is 85.5 Å². The molecule has 2 aromatic rings. The van der Waals surface area contributed by atoms with E-state index in [2.05, 4.69) is 48.6 Å². The number of amides is 1. The van der Waals surface area contributed by atoms with Crippen molar-refractivity contribution in [3.63, 3.8) is 0 Å². The molecule has 0 unspecified atom stereocenters. The summed E-state index contributed by atoms with van der Waals surface area (Å²) >= 11 is 0. The van der Waals surface area contributed by atoms with Crippen LogP contribution in [0.3, 0.4) is 0 Å². The molecule has 2 aliphatic heterocycles. The monoisotopic (exact) mass is 555 g/mol. The third-order valence-electron chi connectivity index (χ3n) is 8.20. The van der Waals surface area contributed by atoms with Gasteiger partial charge in [0.1, 0.15) is 12.4 Å². The van der Waals surface area contributed by atoms with Crippen molar-refractivity contribution in [3.05, 3.63) is 64.3 Å². The SMILES string of the molecule is CC(C)(C)[Si](C)(C)O[C@@H]1C[C@@H](CN2CCN(c3ccccn3)CC2)N(C(=O)OCc2ccc([N+](=O)[O-])cc2)C1. The number of benzene rings is 1. The molecule has 1 amide bonds. The van der Waals surface area contributed by atoms with Crippen molar-refractivity contribution >= 4 is 25.9 Å². The van der Waals surface area contributed by atoms with E-state index in [1.54, 1.807) is 12.1 Å². The summed E-state index contributed by atoms with van der Waals surface area (Å²) in [7, 11) is -2.01. The van der Waals surface area contributed by atoms with E-state index in [1.807, 2.05) is 29.3 Å². The van der Waals surface area contributed by atoms with E-state index in [9.17, 15) is 14.9 Å². The highest BCUT2D eigenvalue weighted by Gasteiger charge is 2.44. The number of likely N-dealkylation sites (tertiary alicyclic amines) is 1. The minimum atomic E-state index is -2.01. The number of ether oxygens (including phenoxy) is 1. The summed E-state index contributed by atoms with van der Waals surface area (Å²) in [5.74, 6) is 0.997. The van der Waals surface area contributed by atoms with Crippen LogP contribution in [0, 0.1) is 10.1 Å². The standard InChI is InChI=1S/C28H41N5O5Si/c1-28(2,3)39(4,5)38-25-18-24(19-30-14-16-31(17-15-30)26-8-6-7-13-29-26)32(20-25)27(34)37-21-22-9-11-23(12-10-22)33(35)36/h6-13,24-25H,14-21H2,1-5H3/t24-,25+/m0/s1. The number of anilines is 1. The molecule has 10 nitrogen and oxygen atoms in total. The number of carbonyl (C=O) groups excluding carboxylic acids is 1. The highest BCUT2D eigenvalue weighted by atomic mass is 28.4. The summed E-state index contributed by atoms with van der Waals surface area (Å²) in [5.41, 5.74) is 0.725. The Balaban J connectivity index is 1.39. The number of pyridine rings is 1. The van der Waals surface area contributed by atoms with E-state index in [0.29, 0.717) is 12.1 Å². The molecular weight excluding hydrogens is 514 g/mol. The van der Waals surface area contributed by atoms with Crippen LogP contribution >= 0.6 is 0 Å². The number of non-ortho nitro benzene ring substituents is 1. The smallest absolute Gasteiger partial charge is 0.410 e. The van der Waals surface area contributed by atoms with Gasteiger partial charge in [0.2, 0.25) is 0 Å². The summed E-state index contributed by atoms with van der Waals surface area (Å²) in [6.07, 6.45) is 2.20. The minimum Gasteiger partial charge on any atom is -0.445 e. The van der Waals surface area contributed by atoms with Crippen molar-refractivity contribution < 1.29 is 18.9 Å². The average Bonchev–Trinajstić information content (AvgIpc) is 3.29. The Labute approximate surface area is 232 Å². The Hall–Kier alpha value is -3.02. The van der Waals surface area contributed by atoms with Gasteiger partial charge in [-0.3, -0.25) is 15.0 Å². The first-order valence-electron chi connectivity index (χ1n) is 13.7. The molecule has 4 rings (SSSR count). The lowest BCUT2D eigenvalue weighted by molar-refractivity contribution is -0.384. The lowest BCUT2D eigenvalue weighted by Crippen LogP contribution is -2.51. The molecule has 2 saturated heterocycles. The quantitative estimate of drug-likeness (QED) is 0.257. The highest BCUT2D eigenvalue weighted by Crippen LogP contribution is 2.39. The van der Waals surface area contributed by atoms with Gasteiger partial charge in [-0.15, -0.1) is 0 Å². The Bertz CT molecular complexity index is 1120. The van der Waals surface area contributed by atoms with Gasteiger partial charge < -0.3 is 19.0 Å². The van der Waals surface area contributed by atoms with Gasteiger partial charge in [0.15, 0.2) is 8.32 Å². The zero-order valence-corrected chi connectivity index (χ0v) is 24.7. The second kappa shape index (κ2) is 12.0. The second-order valence-electron chi connectivity index (χ2n) is 12.0. The second-order valence-corrected chi connectivity index (χ2v) is 16.8. The molecule has 0 bridgehead atoms. The van der Waals surface area contributed by atoms with Gasteiger partial charge in [-0.25, -0.2) is 9.78 Å². The molecule has 0 aliphatic carbocycles. The van der Waals surface area contributed by atoms with E-state index in [-0.39, 0.29) is 35.6 Å². The minimum absolute atomic E-state index is 0.00877. The number of carbonyl (C=O) groups is 1. The van der Waals surface area contributed by atoms with Crippen molar-refractivity contribution in [1.29, 1.82) is 0 Å². The van der Waals surface area contributed by atoms with Gasteiger partial charge in [0, 0.05) is 57.6 Å². The van der Waals surface area contributed by atoms with Gasteiger partial charge in [-0.1, -0.05) is 26.8 Å². The number of nitrogens with zero attached hydrogens (tertiary/aromatic N) is 5. The molecule has 0 N–H and O–H groups in total. The van der Waals surface area contributed by atoms with Crippen LogP contribution in [0.5, 0.6) is 0 Å². The lowest BCUT2D eigenvalue weighted by Gasteiger charge is -2.38. The molecular formula is C28H41N5O5Si. The fourth-order valence-corrected chi connectivity index (χ4v) is 6.25. The van der Waals surface area contributed by atoms with Gasteiger partial charge in [0.25, 0.3) is 5.69 Å². The Morgan fingerprint density at radius 1 is 1.10 bits per heavy atom. The molecule has 2 fully saturated rings. The number of piperazine rings is 1. The van der Waals surface area contributed by atoms with E-state index >= 15 is 0 Å². The fourth-order valence-electron chi connectivity index (χ4n) is 4.89. The largest absolute Gasteiger partial charge is 0.445 e. The molecule has 39 heavy (non-hydrogen) atoms. The van der Waals surface area contributed by atoms with Crippen LogP contribution in [0.15, 0.2) is 48.7 Å². The van der Waals surface area contributed by atoms with Gasteiger partial charge >= 0.3 is 6.09 Å². The molecule has 2 atom stereocenters. The molecule has 0 saturated carbocycles. The first-order valence-corrected chi connectivity index (χ1v) is 16.6. The first kappa shape index (κ1) is 29.0. The lowest BCUT2D eigenvalue weighted by atomic mass is 10.1. The van der Waals surface area contributed by atoms with E-state index in [4.69, 9.17) is 9.16 Å². The van der Waals surface area contributed by atoms with Crippen molar-refractivity contribution in [2.45, 2.75) is 64.1 Å². The third-order valence-corrected chi connectivity index (χ3v) is 12.7. The van der Waals surface area contributed by atoms with Crippen molar-refractivity contribution in [1.82, 2.24) is 14.8 Å². The Morgan fingerprint density at radius 3 is 2.38 bits per heavy atom. The van der Waals surface area contributed by atoms with Crippen LogP contribution < -0.4 is 4.90 Å². The van der Waals surface area contributed by atoms with Gasteiger partial charge in [-0.2, -0.15) is 0 Å². The summed E-state index contributed by atoms with van der Waals surface area (Å²) < 4.78 is 12.4. The predicted molar refractivity (Wildman–Crippen MR) is 153 cm³/mol. The number of hydrogen-bond acceptors (Lipinski definition) is 8. The Morgan fingerprint density at radius 2 is 1.79 bits per heavy atom. The maximum Gasteiger partial charge on any atom is 0.410 e. The highest BCUT2D eigenvalue weighted by molar-refractivity contribution is 6.74. The Kier molecular flexibility index (Phi) is 8.92. The van der Waals surface area contributed by atoms with Crippen molar-refractivity contribution in [3.8, 4) is 0 Å². The summed E-state index contributed by atoms with van der Waals surface area (Å²) in [6, 6.07) is 12.1. The molecule has 11 heteroatoms. The predicted octanol–water partition coefficient (Wildman–Crippen LogP) is 4.91. The third kappa shape index (κ3) is 7.34. The molecule has 2 aliphatic rings. The number of nitro benzene ring substituents is 1. The van der Waals surface area contributed by atoms with Gasteiger partial charge in [-0.05, 0) is 54.4 Å². The number of hydrogen-bond donors (Lipinski definition) is 0. The summed E-state index contributed by atoms with van der Waals surface area (Å²) in [5, 5.41) is 11.0. The normalized spacial score (nSPS) is 20.7. The van der Waals surface area contributed by atoms with Crippen LogP contribution in [0.4, 0.5) is 16.3 Å². The van der Waals surface area contributed by atoms with Crippen molar-refractivity contribution in [2.24, 2.45) is 0 Å². The van der Waals surface area contributed by atoms with Crippen LogP contribution in [0.1, 0.15) is 32.8 Å². The average molecular weight is 556 g/mol. The molecule has 1 aromatic carbocycles. The topological polar surface area (TPSA) is 101 Å². The number of rotatable bonds is 8. The zero-order chi connectivity index (χ0) is 28.2. The van der Waals surface area contributed by atoms with Crippen LogP contribution in [0.2, 0.25) is 18.1 Å². The van der Waals surface area contributed by atoms with E-state index in [1.165, 1.54) is 12.1 Å². The maximum absolute atomic E-state index is 13.3. The van der Waals surface area contributed by atoms with Crippen LogP contribution in [-0.2, 0) is 15.8 Å². The molecule has 0 spiro atoms. The van der Waals surface area contributed by atoms with Crippen molar-refractivity contribution in [2.75, 3.05) is 44.2 Å². The summed E-state index contributed by atoms with van der Waals surface area (Å²) in [4.78, 5) is 34.8. The molecule has 3 heterocycles. The van der Waals surface area contributed by atoms with E-state index in [0.717, 1.165) is 45.0 Å². The molecule has 0 radical (unpaired) electrons. The molecule has 1 aromatic heterocycles. The molecule has 212 valence electrons. The fraction of sp³-hybridized carbons (Fsp3) is 0.571. The first-order chi connectivity index (χ1) is 18.4. The number of aromatic nitrogens is 1.